The second kappa shape index (κ2) is 4.57. The zero-order valence-corrected chi connectivity index (χ0v) is 11.0. The van der Waals surface area contributed by atoms with Crippen molar-refractivity contribution in [3.63, 3.8) is 0 Å². The first-order valence-corrected chi connectivity index (χ1v) is 6.86. The van der Waals surface area contributed by atoms with E-state index in [4.69, 9.17) is 0 Å². The van der Waals surface area contributed by atoms with Crippen molar-refractivity contribution in [1.29, 1.82) is 0 Å². The van der Waals surface area contributed by atoms with Gasteiger partial charge in [-0.1, -0.05) is 72.8 Å². The molecule has 2 atom stereocenters. The van der Waals surface area contributed by atoms with Crippen molar-refractivity contribution in [3.8, 4) is 0 Å². The Labute approximate surface area is 118 Å². The molecule has 0 bridgehead atoms. The van der Waals surface area contributed by atoms with Gasteiger partial charge in [-0.05, 0) is 22.3 Å². The van der Waals surface area contributed by atoms with Crippen LogP contribution in [0.4, 0.5) is 0 Å². The summed E-state index contributed by atoms with van der Waals surface area (Å²) in [7, 11) is 0. The van der Waals surface area contributed by atoms with Crippen LogP contribution in [0.15, 0.2) is 70.9 Å². The fourth-order valence-corrected chi connectivity index (χ4v) is 2.81. The molecule has 96 valence electrons. The highest BCUT2D eigenvalue weighted by molar-refractivity contribution is 5.63. The van der Waals surface area contributed by atoms with Crippen LogP contribution in [0.5, 0.6) is 0 Å². The minimum Gasteiger partial charge on any atom is -0.181 e. The number of hydrogen-bond donors (Lipinski definition) is 0. The van der Waals surface area contributed by atoms with Gasteiger partial charge in [-0.25, -0.2) is 0 Å². The predicted molar refractivity (Wildman–Crippen MR) is 81.3 cm³/mol. The monoisotopic (exact) mass is 258 g/mol. The summed E-state index contributed by atoms with van der Waals surface area (Å²) in [4.78, 5) is 0. The summed E-state index contributed by atoms with van der Waals surface area (Å²) in [5, 5.41) is 9.06. The van der Waals surface area contributed by atoms with Gasteiger partial charge in [0.2, 0.25) is 0 Å². The van der Waals surface area contributed by atoms with Gasteiger partial charge >= 0.3 is 0 Å². The Bertz CT molecular complexity index is 677. The molecule has 0 N–H and O–H groups in total. The third-order valence-corrected chi connectivity index (χ3v) is 3.86. The van der Waals surface area contributed by atoms with E-state index in [0.717, 1.165) is 0 Å². The molecule has 2 aromatic carbocycles. The van der Waals surface area contributed by atoms with E-state index in [2.05, 4.69) is 83.1 Å². The second-order valence-electron chi connectivity index (χ2n) is 5.10. The van der Waals surface area contributed by atoms with E-state index < -0.39 is 0 Å². The number of nitrogens with zero attached hydrogens (tertiary/aromatic N) is 2. The van der Waals surface area contributed by atoms with Gasteiger partial charge in [-0.15, -0.1) is 0 Å². The van der Waals surface area contributed by atoms with Crippen LogP contribution in [0.25, 0.3) is 12.2 Å². The standard InChI is InChI=1S/C18H14N2/c1-3-7-15-13(5-1)9-11-17(15)19-20-18-12-10-14-6-2-4-8-16(14)18/h1-12,17-18H. The van der Waals surface area contributed by atoms with Crippen molar-refractivity contribution < 1.29 is 0 Å². The Balaban J connectivity index is 1.60. The van der Waals surface area contributed by atoms with Gasteiger partial charge in [0.05, 0.1) is 0 Å². The quantitative estimate of drug-likeness (QED) is 0.679. The number of fused-ring (bicyclic) bond motifs is 2. The fraction of sp³-hybridized carbons (Fsp3) is 0.111. The summed E-state index contributed by atoms with van der Waals surface area (Å²) in [5.41, 5.74) is 4.98. The molecule has 2 nitrogen and oxygen atoms in total. The average molecular weight is 258 g/mol. The highest BCUT2D eigenvalue weighted by Crippen LogP contribution is 2.35. The summed E-state index contributed by atoms with van der Waals surface area (Å²) in [6.45, 7) is 0. The molecule has 0 aromatic heterocycles. The van der Waals surface area contributed by atoms with Crippen molar-refractivity contribution in [1.82, 2.24) is 0 Å². The zero-order chi connectivity index (χ0) is 13.4. The first kappa shape index (κ1) is 11.4. The molecular formula is C18H14N2. The van der Waals surface area contributed by atoms with Crippen LogP contribution < -0.4 is 0 Å². The minimum atomic E-state index is 0.0624. The van der Waals surface area contributed by atoms with Crippen LogP contribution >= 0.6 is 0 Å². The molecule has 0 spiro atoms. The summed E-state index contributed by atoms with van der Waals surface area (Å²) in [6.07, 6.45) is 8.46. The predicted octanol–water partition coefficient (Wildman–Crippen LogP) is 4.97. The number of benzene rings is 2. The molecule has 20 heavy (non-hydrogen) atoms. The second-order valence-corrected chi connectivity index (χ2v) is 5.10. The van der Waals surface area contributed by atoms with Crippen molar-refractivity contribution in [2.75, 3.05) is 0 Å². The Hall–Kier alpha value is -2.48. The third kappa shape index (κ3) is 1.81. The van der Waals surface area contributed by atoms with Gasteiger partial charge in [-0.3, -0.25) is 0 Å². The normalized spacial score (nSPS) is 22.4. The Morgan fingerprint density at radius 3 is 1.55 bits per heavy atom. The van der Waals surface area contributed by atoms with Crippen molar-refractivity contribution in [2.45, 2.75) is 12.1 Å². The first-order chi connectivity index (χ1) is 9.92. The average Bonchev–Trinajstić information content (AvgIpc) is 3.09. The van der Waals surface area contributed by atoms with Crippen LogP contribution in [-0.4, -0.2) is 0 Å². The SMILES string of the molecule is C1=CC(N=NC2C=Cc3ccccc32)c2ccccc21. The van der Waals surface area contributed by atoms with Crippen LogP contribution in [-0.2, 0) is 0 Å². The van der Waals surface area contributed by atoms with E-state index in [1.54, 1.807) is 0 Å². The van der Waals surface area contributed by atoms with Gasteiger partial charge < -0.3 is 0 Å². The molecule has 4 rings (SSSR count). The molecule has 0 heterocycles. The summed E-state index contributed by atoms with van der Waals surface area (Å²) >= 11 is 0. The largest absolute Gasteiger partial charge is 0.181 e. The van der Waals surface area contributed by atoms with E-state index in [1.807, 2.05) is 0 Å². The molecule has 0 aliphatic heterocycles. The maximum atomic E-state index is 4.53. The maximum Gasteiger partial charge on any atom is 0.115 e. The van der Waals surface area contributed by atoms with E-state index in [1.165, 1.54) is 22.3 Å². The van der Waals surface area contributed by atoms with Crippen LogP contribution in [0.3, 0.4) is 0 Å². The summed E-state index contributed by atoms with van der Waals surface area (Å²) < 4.78 is 0. The lowest BCUT2D eigenvalue weighted by Crippen LogP contribution is -1.91. The lowest BCUT2D eigenvalue weighted by molar-refractivity contribution is 0.743. The Kier molecular flexibility index (Phi) is 2.59. The number of hydrogen-bond acceptors (Lipinski definition) is 2. The molecule has 2 aliphatic carbocycles. The summed E-state index contributed by atoms with van der Waals surface area (Å²) in [5.74, 6) is 0. The molecule has 0 saturated carbocycles. The Morgan fingerprint density at radius 2 is 1.05 bits per heavy atom. The molecule has 0 fully saturated rings. The van der Waals surface area contributed by atoms with Crippen LogP contribution in [0.2, 0.25) is 0 Å². The molecular weight excluding hydrogens is 244 g/mol. The van der Waals surface area contributed by atoms with Gasteiger partial charge in [0.25, 0.3) is 0 Å². The van der Waals surface area contributed by atoms with Crippen LogP contribution in [0, 0.1) is 0 Å². The third-order valence-electron chi connectivity index (χ3n) is 3.86. The number of azo groups is 1. The highest BCUT2D eigenvalue weighted by Gasteiger charge is 2.18. The van der Waals surface area contributed by atoms with E-state index in [9.17, 15) is 0 Å². The zero-order valence-electron chi connectivity index (χ0n) is 11.0. The van der Waals surface area contributed by atoms with E-state index >= 15 is 0 Å². The molecule has 2 unspecified atom stereocenters. The van der Waals surface area contributed by atoms with Crippen molar-refractivity contribution in [2.24, 2.45) is 10.2 Å². The highest BCUT2D eigenvalue weighted by atomic mass is 15.1. The van der Waals surface area contributed by atoms with Gasteiger partial charge in [-0.2, -0.15) is 10.2 Å². The lowest BCUT2D eigenvalue weighted by Gasteiger charge is -2.07. The number of rotatable bonds is 2. The van der Waals surface area contributed by atoms with E-state index in [-0.39, 0.29) is 12.1 Å². The Morgan fingerprint density at radius 1 is 0.600 bits per heavy atom. The summed E-state index contributed by atoms with van der Waals surface area (Å²) in [6, 6.07) is 16.8. The van der Waals surface area contributed by atoms with Crippen molar-refractivity contribution in [3.05, 3.63) is 82.9 Å². The molecule has 0 amide bonds. The minimum absolute atomic E-state index is 0.0624. The molecule has 2 aromatic rings. The maximum absolute atomic E-state index is 4.53. The topological polar surface area (TPSA) is 24.7 Å². The molecule has 2 aliphatic rings. The lowest BCUT2D eigenvalue weighted by atomic mass is 10.1. The van der Waals surface area contributed by atoms with Gasteiger partial charge in [0.1, 0.15) is 12.1 Å². The molecule has 0 saturated heterocycles. The van der Waals surface area contributed by atoms with Gasteiger partial charge in [0, 0.05) is 0 Å². The fourth-order valence-electron chi connectivity index (χ4n) is 2.81. The molecule has 2 heteroatoms. The molecule has 0 radical (unpaired) electrons. The van der Waals surface area contributed by atoms with E-state index in [0.29, 0.717) is 0 Å². The smallest absolute Gasteiger partial charge is 0.115 e. The first-order valence-electron chi connectivity index (χ1n) is 6.86. The van der Waals surface area contributed by atoms with Crippen molar-refractivity contribution >= 4 is 12.2 Å². The van der Waals surface area contributed by atoms with Crippen LogP contribution in [0.1, 0.15) is 34.3 Å². The van der Waals surface area contributed by atoms with Gasteiger partial charge in [0.15, 0.2) is 0 Å².